The summed E-state index contributed by atoms with van der Waals surface area (Å²) in [5.41, 5.74) is 2.75. The Labute approximate surface area is 123 Å². The first-order chi connectivity index (χ1) is 10.1. The highest BCUT2D eigenvalue weighted by Crippen LogP contribution is 2.32. The Morgan fingerprint density at radius 3 is 2.71 bits per heavy atom. The molecule has 0 saturated carbocycles. The molecule has 108 valence electrons. The summed E-state index contributed by atoms with van der Waals surface area (Å²) in [5, 5.41) is 0. The molecule has 0 saturated heterocycles. The molecule has 1 aliphatic heterocycles. The van der Waals surface area contributed by atoms with Crippen molar-refractivity contribution in [2.45, 2.75) is 13.8 Å². The molecule has 4 nitrogen and oxygen atoms in total. The number of hydrogen-bond donors (Lipinski definition) is 0. The van der Waals surface area contributed by atoms with Gasteiger partial charge in [-0.15, -0.1) is 0 Å². The Hall–Kier alpha value is -2.49. The quantitative estimate of drug-likeness (QED) is 0.808. The van der Waals surface area contributed by atoms with Crippen LogP contribution < -0.4 is 14.2 Å². The highest BCUT2D eigenvalue weighted by atomic mass is 16.7. The maximum atomic E-state index is 12.2. The number of aryl methyl sites for hydroxylation is 2. The molecule has 0 atom stereocenters. The van der Waals surface area contributed by atoms with Gasteiger partial charge in [-0.25, -0.2) is 0 Å². The molecule has 2 aromatic rings. The first kappa shape index (κ1) is 13.5. The van der Waals surface area contributed by atoms with Crippen molar-refractivity contribution in [1.82, 2.24) is 0 Å². The number of ketones is 1. The monoisotopic (exact) mass is 284 g/mol. The van der Waals surface area contributed by atoms with E-state index in [4.69, 9.17) is 14.2 Å². The maximum Gasteiger partial charge on any atom is 0.231 e. The zero-order valence-corrected chi connectivity index (χ0v) is 12.0. The van der Waals surface area contributed by atoms with Crippen LogP contribution in [0.15, 0.2) is 36.4 Å². The molecular formula is C17H16O4. The average Bonchev–Trinajstić information content (AvgIpc) is 2.93. The van der Waals surface area contributed by atoms with Gasteiger partial charge in [0.1, 0.15) is 5.75 Å². The fraction of sp³-hybridized carbons (Fsp3) is 0.235. The molecule has 0 radical (unpaired) electrons. The van der Waals surface area contributed by atoms with Crippen LogP contribution >= 0.6 is 0 Å². The molecule has 1 heterocycles. The third-order valence-corrected chi connectivity index (χ3v) is 3.38. The SMILES string of the molecule is Cc1ccc(OCC(=O)c2ccc3c(c2)OCO3)c(C)c1. The number of Topliss-reactive ketones (excluding diaryl/α,β-unsaturated/α-hetero) is 1. The van der Waals surface area contributed by atoms with Gasteiger partial charge in [-0.3, -0.25) is 4.79 Å². The van der Waals surface area contributed by atoms with Crippen molar-refractivity contribution in [3.63, 3.8) is 0 Å². The standard InChI is InChI=1S/C17H16O4/c1-11-3-5-15(12(2)7-11)19-9-14(18)13-4-6-16-17(8-13)21-10-20-16/h3-8H,9-10H2,1-2H3. The van der Waals surface area contributed by atoms with Crippen LogP contribution in [0.25, 0.3) is 0 Å². The van der Waals surface area contributed by atoms with E-state index in [1.165, 1.54) is 5.56 Å². The Morgan fingerprint density at radius 1 is 1.10 bits per heavy atom. The molecule has 0 bridgehead atoms. The molecular weight excluding hydrogens is 268 g/mol. The lowest BCUT2D eigenvalue weighted by Gasteiger charge is -2.09. The lowest BCUT2D eigenvalue weighted by Crippen LogP contribution is -2.12. The fourth-order valence-electron chi connectivity index (χ4n) is 2.26. The average molecular weight is 284 g/mol. The zero-order valence-electron chi connectivity index (χ0n) is 12.0. The van der Waals surface area contributed by atoms with Crippen molar-refractivity contribution >= 4 is 5.78 Å². The van der Waals surface area contributed by atoms with Crippen LogP contribution in [-0.4, -0.2) is 19.2 Å². The third kappa shape index (κ3) is 2.84. The van der Waals surface area contributed by atoms with Gasteiger partial charge in [0.05, 0.1) is 0 Å². The number of hydrogen-bond acceptors (Lipinski definition) is 4. The van der Waals surface area contributed by atoms with E-state index >= 15 is 0 Å². The van der Waals surface area contributed by atoms with Gasteiger partial charge >= 0.3 is 0 Å². The lowest BCUT2D eigenvalue weighted by molar-refractivity contribution is 0.0920. The van der Waals surface area contributed by atoms with Crippen molar-refractivity contribution < 1.29 is 19.0 Å². The van der Waals surface area contributed by atoms with E-state index in [0.717, 1.165) is 11.3 Å². The molecule has 21 heavy (non-hydrogen) atoms. The zero-order chi connectivity index (χ0) is 14.8. The number of fused-ring (bicyclic) bond motifs is 1. The second kappa shape index (κ2) is 5.48. The van der Waals surface area contributed by atoms with E-state index in [9.17, 15) is 4.79 Å². The first-order valence-corrected chi connectivity index (χ1v) is 6.76. The van der Waals surface area contributed by atoms with Gasteiger partial charge in [0.25, 0.3) is 0 Å². The van der Waals surface area contributed by atoms with Crippen LogP contribution in [0.2, 0.25) is 0 Å². The van der Waals surface area contributed by atoms with E-state index in [1.807, 2.05) is 32.0 Å². The second-order valence-electron chi connectivity index (χ2n) is 5.05. The number of carbonyl (C=O) groups excluding carboxylic acids is 1. The summed E-state index contributed by atoms with van der Waals surface area (Å²) >= 11 is 0. The van der Waals surface area contributed by atoms with E-state index in [1.54, 1.807) is 18.2 Å². The predicted octanol–water partition coefficient (Wildman–Crippen LogP) is 3.29. The molecule has 0 fully saturated rings. The van der Waals surface area contributed by atoms with Gasteiger partial charge in [-0.1, -0.05) is 17.7 Å². The van der Waals surface area contributed by atoms with Crippen molar-refractivity contribution in [3.8, 4) is 17.2 Å². The highest BCUT2D eigenvalue weighted by molar-refractivity contribution is 5.97. The number of ether oxygens (including phenoxy) is 3. The predicted molar refractivity (Wildman–Crippen MR) is 78.3 cm³/mol. The Morgan fingerprint density at radius 2 is 1.90 bits per heavy atom. The molecule has 0 N–H and O–H groups in total. The second-order valence-corrected chi connectivity index (χ2v) is 5.05. The Kier molecular flexibility index (Phi) is 3.52. The van der Waals surface area contributed by atoms with Crippen molar-refractivity contribution in [2.75, 3.05) is 13.4 Å². The van der Waals surface area contributed by atoms with Crippen LogP contribution in [0.1, 0.15) is 21.5 Å². The topological polar surface area (TPSA) is 44.8 Å². The summed E-state index contributed by atoms with van der Waals surface area (Å²) in [6.45, 7) is 4.19. The minimum atomic E-state index is -0.0896. The van der Waals surface area contributed by atoms with E-state index in [0.29, 0.717) is 17.1 Å². The lowest BCUT2D eigenvalue weighted by atomic mass is 10.1. The Balaban J connectivity index is 1.69. The van der Waals surface area contributed by atoms with Gasteiger partial charge in [-0.05, 0) is 43.7 Å². The summed E-state index contributed by atoms with van der Waals surface area (Å²) in [6.07, 6.45) is 0. The highest BCUT2D eigenvalue weighted by Gasteiger charge is 2.16. The molecule has 0 unspecified atom stereocenters. The molecule has 2 aromatic carbocycles. The van der Waals surface area contributed by atoms with Crippen LogP contribution in [0.5, 0.6) is 17.2 Å². The van der Waals surface area contributed by atoms with Gasteiger partial charge in [0.15, 0.2) is 23.9 Å². The maximum absolute atomic E-state index is 12.2. The summed E-state index contributed by atoms with van der Waals surface area (Å²) in [4.78, 5) is 12.2. The fourth-order valence-corrected chi connectivity index (χ4v) is 2.26. The van der Waals surface area contributed by atoms with Crippen LogP contribution in [-0.2, 0) is 0 Å². The number of carbonyl (C=O) groups is 1. The molecule has 4 heteroatoms. The van der Waals surface area contributed by atoms with Crippen LogP contribution in [0.3, 0.4) is 0 Å². The van der Waals surface area contributed by atoms with Gasteiger partial charge in [0, 0.05) is 5.56 Å². The summed E-state index contributed by atoms with van der Waals surface area (Å²) in [7, 11) is 0. The summed E-state index contributed by atoms with van der Waals surface area (Å²) < 4.78 is 16.1. The minimum Gasteiger partial charge on any atom is -0.485 e. The largest absolute Gasteiger partial charge is 0.485 e. The molecule has 0 amide bonds. The van der Waals surface area contributed by atoms with Crippen LogP contribution in [0.4, 0.5) is 0 Å². The number of benzene rings is 2. The molecule has 0 aliphatic carbocycles. The van der Waals surface area contributed by atoms with Crippen molar-refractivity contribution in [1.29, 1.82) is 0 Å². The van der Waals surface area contributed by atoms with Crippen molar-refractivity contribution in [3.05, 3.63) is 53.1 Å². The molecule has 3 rings (SSSR count). The third-order valence-electron chi connectivity index (χ3n) is 3.38. The number of rotatable bonds is 4. The van der Waals surface area contributed by atoms with E-state index in [-0.39, 0.29) is 19.2 Å². The van der Waals surface area contributed by atoms with Crippen LogP contribution in [0, 0.1) is 13.8 Å². The van der Waals surface area contributed by atoms with Crippen molar-refractivity contribution in [2.24, 2.45) is 0 Å². The summed E-state index contributed by atoms with van der Waals surface area (Å²) in [5.74, 6) is 1.91. The van der Waals surface area contributed by atoms with Gasteiger partial charge < -0.3 is 14.2 Å². The first-order valence-electron chi connectivity index (χ1n) is 6.76. The minimum absolute atomic E-state index is 0.00352. The molecule has 1 aliphatic rings. The molecule has 0 aromatic heterocycles. The molecule has 0 spiro atoms. The Bertz CT molecular complexity index is 691. The normalized spacial score (nSPS) is 12.3. The van der Waals surface area contributed by atoms with E-state index in [2.05, 4.69) is 0 Å². The smallest absolute Gasteiger partial charge is 0.231 e. The van der Waals surface area contributed by atoms with Gasteiger partial charge in [-0.2, -0.15) is 0 Å². The summed E-state index contributed by atoms with van der Waals surface area (Å²) in [6, 6.07) is 11.0. The van der Waals surface area contributed by atoms with E-state index < -0.39 is 0 Å². The van der Waals surface area contributed by atoms with Gasteiger partial charge in [0.2, 0.25) is 6.79 Å².